The monoisotopic (exact) mass is 789 g/mol. The van der Waals surface area contributed by atoms with Crippen molar-refractivity contribution in [3.05, 3.63) is 109 Å². The summed E-state index contributed by atoms with van der Waals surface area (Å²) < 4.78 is 16.6. The number of hydrogen-bond acceptors (Lipinski definition) is 6. The van der Waals surface area contributed by atoms with Gasteiger partial charge in [0.15, 0.2) is 6.10 Å². The standard InChI is InChI=1S/C51H80O6/c1-4-7-10-13-16-19-22-24-25-27-29-32-35-38-41-44-50(53)56-47-48(46-55-49(52)43-40-37-34-31-28-21-18-15-12-9-6-3)57-51(54)45-42-39-36-33-30-26-23-20-17-14-11-8-5-2/h7-8,10-11,13-14,16-17,19-20,22-26,30,33,36,48H,4-6,9,12,15,18,21,27-29,31-32,34-35,37-47H2,1-3H3/b10-7-,11-8-,16-13-,17-14-,22-19-,23-20-,25-24-,30-26-,36-33-. The fraction of sp³-hybridized carbons (Fsp3) is 0.588. The molecule has 0 aromatic carbocycles. The van der Waals surface area contributed by atoms with Crippen molar-refractivity contribution in [2.45, 2.75) is 181 Å². The smallest absolute Gasteiger partial charge is 0.306 e. The molecule has 0 amide bonds. The molecule has 0 bridgehead atoms. The first-order chi connectivity index (χ1) is 28.0. The van der Waals surface area contributed by atoms with Crippen molar-refractivity contribution >= 4 is 17.9 Å². The van der Waals surface area contributed by atoms with E-state index in [9.17, 15) is 14.4 Å². The summed E-state index contributed by atoms with van der Waals surface area (Å²) in [5, 5.41) is 0. The van der Waals surface area contributed by atoms with Crippen molar-refractivity contribution < 1.29 is 28.6 Å². The van der Waals surface area contributed by atoms with Gasteiger partial charge in [0.1, 0.15) is 13.2 Å². The zero-order valence-corrected chi connectivity index (χ0v) is 36.3. The van der Waals surface area contributed by atoms with E-state index >= 15 is 0 Å². The summed E-state index contributed by atoms with van der Waals surface area (Å²) >= 11 is 0. The van der Waals surface area contributed by atoms with Gasteiger partial charge in [-0.1, -0.05) is 214 Å². The summed E-state index contributed by atoms with van der Waals surface area (Å²) in [7, 11) is 0. The molecule has 6 nitrogen and oxygen atoms in total. The molecule has 0 rings (SSSR count). The van der Waals surface area contributed by atoms with E-state index in [2.05, 4.69) is 51.2 Å². The van der Waals surface area contributed by atoms with E-state index in [1.165, 1.54) is 51.4 Å². The minimum atomic E-state index is -0.823. The SMILES string of the molecule is CC\C=C/C=C\C=C/C=C\C=C/CCCC(=O)OC(COC(=O)CCCCCCC\C=C/C=C\C=C/C=C\CC)COC(=O)CCCCCCCCCCCCC. The van der Waals surface area contributed by atoms with Gasteiger partial charge in [0.2, 0.25) is 0 Å². The molecule has 0 spiro atoms. The minimum absolute atomic E-state index is 0.116. The zero-order valence-electron chi connectivity index (χ0n) is 36.3. The van der Waals surface area contributed by atoms with Crippen molar-refractivity contribution in [3.8, 4) is 0 Å². The van der Waals surface area contributed by atoms with Gasteiger partial charge in [0, 0.05) is 19.3 Å². The predicted molar refractivity (Wildman–Crippen MR) is 242 cm³/mol. The van der Waals surface area contributed by atoms with Gasteiger partial charge in [-0.3, -0.25) is 14.4 Å². The molecule has 0 aromatic rings. The van der Waals surface area contributed by atoms with Gasteiger partial charge >= 0.3 is 17.9 Å². The van der Waals surface area contributed by atoms with Gasteiger partial charge in [-0.25, -0.2) is 0 Å². The number of unbranched alkanes of at least 4 members (excludes halogenated alkanes) is 16. The van der Waals surface area contributed by atoms with Gasteiger partial charge in [-0.05, 0) is 51.4 Å². The second-order valence-corrected chi connectivity index (χ2v) is 14.4. The molecule has 0 aliphatic rings. The maximum Gasteiger partial charge on any atom is 0.306 e. The summed E-state index contributed by atoms with van der Waals surface area (Å²) in [6, 6.07) is 0. The molecular formula is C51H80O6. The molecule has 0 fully saturated rings. The van der Waals surface area contributed by atoms with Gasteiger partial charge in [0.25, 0.3) is 0 Å². The fourth-order valence-corrected chi connectivity index (χ4v) is 5.66. The molecule has 0 aromatic heterocycles. The highest BCUT2D eigenvalue weighted by atomic mass is 16.6. The van der Waals surface area contributed by atoms with Crippen molar-refractivity contribution in [2.75, 3.05) is 13.2 Å². The molecule has 0 saturated carbocycles. The Morgan fingerprint density at radius 1 is 0.368 bits per heavy atom. The fourth-order valence-electron chi connectivity index (χ4n) is 5.66. The van der Waals surface area contributed by atoms with Crippen LogP contribution in [0, 0.1) is 0 Å². The summed E-state index contributed by atoms with van der Waals surface area (Å²) in [4.78, 5) is 37.7. The van der Waals surface area contributed by atoms with E-state index < -0.39 is 12.1 Å². The largest absolute Gasteiger partial charge is 0.462 e. The van der Waals surface area contributed by atoms with Crippen LogP contribution in [0.25, 0.3) is 0 Å². The maximum atomic E-state index is 12.7. The van der Waals surface area contributed by atoms with Crippen molar-refractivity contribution in [1.82, 2.24) is 0 Å². The van der Waals surface area contributed by atoms with Crippen LogP contribution in [0.15, 0.2) is 109 Å². The molecule has 0 saturated heterocycles. The number of esters is 3. The predicted octanol–water partition coefficient (Wildman–Crippen LogP) is 14.4. The number of carbonyl (C=O) groups is 3. The molecule has 320 valence electrons. The molecule has 57 heavy (non-hydrogen) atoms. The molecule has 0 aliphatic heterocycles. The Morgan fingerprint density at radius 2 is 0.702 bits per heavy atom. The van der Waals surface area contributed by atoms with Crippen molar-refractivity contribution in [2.24, 2.45) is 0 Å². The first-order valence-corrected chi connectivity index (χ1v) is 22.5. The minimum Gasteiger partial charge on any atom is -0.462 e. The van der Waals surface area contributed by atoms with Crippen LogP contribution in [-0.2, 0) is 28.6 Å². The van der Waals surface area contributed by atoms with Crippen LogP contribution < -0.4 is 0 Å². The van der Waals surface area contributed by atoms with Crippen LogP contribution in [0.5, 0.6) is 0 Å². The van der Waals surface area contributed by atoms with Crippen molar-refractivity contribution in [3.63, 3.8) is 0 Å². The lowest BCUT2D eigenvalue weighted by Gasteiger charge is -2.18. The molecule has 0 heterocycles. The average Bonchev–Trinajstić information content (AvgIpc) is 3.21. The van der Waals surface area contributed by atoms with E-state index in [1.54, 1.807) is 0 Å². The highest BCUT2D eigenvalue weighted by Crippen LogP contribution is 2.13. The Bertz CT molecular complexity index is 1230. The first kappa shape index (κ1) is 53.1. The molecular weight excluding hydrogens is 709 g/mol. The van der Waals surface area contributed by atoms with E-state index in [-0.39, 0.29) is 31.6 Å². The number of carbonyl (C=O) groups excluding carboxylic acids is 3. The Hall–Kier alpha value is -3.93. The Labute approximate surface area is 349 Å². The van der Waals surface area contributed by atoms with Crippen LogP contribution >= 0.6 is 0 Å². The van der Waals surface area contributed by atoms with E-state index in [1.807, 2.05) is 79.0 Å². The third-order valence-electron chi connectivity index (χ3n) is 9.00. The summed E-state index contributed by atoms with van der Waals surface area (Å²) in [5.74, 6) is -1.03. The lowest BCUT2D eigenvalue weighted by molar-refractivity contribution is -0.167. The lowest BCUT2D eigenvalue weighted by Crippen LogP contribution is -2.30. The molecule has 0 radical (unpaired) electrons. The lowest BCUT2D eigenvalue weighted by atomic mass is 10.1. The van der Waals surface area contributed by atoms with Crippen molar-refractivity contribution in [1.29, 1.82) is 0 Å². The normalized spacial score (nSPS) is 13.1. The highest BCUT2D eigenvalue weighted by molar-refractivity contribution is 5.71. The number of rotatable bonds is 38. The number of ether oxygens (including phenoxy) is 3. The Balaban J connectivity index is 4.56. The zero-order chi connectivity index (χ0) is 41.5. The molecule has 6 heteroatoms. The summed E-state index contributed by atoms with van der Waals surface area (Å²) in [6.07, 6.45) is 59.3. The second-order valence-electron chi connectivity index (χ2n) is 14.4. The second kappa shape index (κ2) is 44.8. The van der Waals surface area contributed by atoms with Crippen LogP contribution in [-0.4, -0.2) is 37.2 Å². The third-order valence-corrected chi connectivity index (χ3v) is 9.00. The molecule has 0 N–H and O–H groups in total. The summed E-state index contributed by atoms with van der Waals surface area (Å²) in [6.45, 7) is 6.23. The molecule has 0 aliphatic carbocycles. The van der Waals surface area contributed by atoms with Gasteiger partial charge in [-0.2, -0.15) is 0 Å². The van der Waals surface area contributed by atoms with E-state index in [0.717, 1.165) is 77.0 Å². The van der Waals surface area contributed by atoms with Gasteiger partial charge < -0.3 is 14.2 Å². The van der Waals surface area contributed by atoms with Crippen LogP contribution in [0.3, 0.4) is 0 Å². The first-order valence-electron chi connectivity index (χ1n) is 22.5. The Kier molecular flexibility index (Phi) is 41.7. The average molecular weight is 789 g/mol. The molecule has 1 unspecified atom stereocenters. The summed E-state index contributed by atoms with van der Waals surface area (Å²) in [5.41, 5.74) is 0. The number of hydrogen-bond donors (Lipinski definition) is 0. The maximum absolute atomic E-state index is 12.7. The topological polar surface area (TPSA) is 78.9 Å². The van der Waals surface area contributed by atoms with Crippen LogP contribution in [0.1, 0.15) is 175 Å². The third kappa shape index (κ3) is 43.0. The van der Waals surface area contributed by atoms with Crippen LogP contribution in [0.2, 0.25) is 0 Å². The van der Waals surface area contributed by atoms with Crippen LogP contribution in [0.4, 0.5) is 0 Å². The van der Waals surface area contributed by atoms with E-state index in [4.69, 9.17) is 14.2 Å². The quantitative estimate of drug-likeness (QED) is 0.0268. The molecule has 1 atom stereocenters. The number of allylic oxidation sites excluding steroid dienone is 18. The van der Waals surface area contributed by atoms with E-state index in [0.29, 0.717) is 19.3 Å². The highest BCUT2D eigenvalue weighted by Gasteiger charge is 2.19. The van der Waals surface area contributed by atoms with Gasteiger partial charge in [-0.15, -0.1) is 0 Å². The van der Waals surface area contributed by atoms with Gasteiger partial charge in [0.05, 0.1) is 0 Å². The Morgan fingerprint density at radius 3 is 1.12 bits per heavy atom.